The molecule has 0 heterocycles. The Bertz CT molecular complexity index is 355. The first-order valence-electron chi connectivity index (χ1n) is 6.02. The minimum Gasteiger partial charge on any atom is -0.399 e. The molecule has 4 N–H and O–H groups in total. The van der Waals surface area contributed by atoms with E-state index in [2.05, 4.69) is 12.1 Å². The average molecular weight is 308 g/mol. The number of rotatable bonds is 7. The number of halogens is 2. The van der Waals surface area contributed by atoms with E-state index < -0.39 is 0 Å². The number of hydrogen-bond acceptors (Lipinski definition) is 4. The molecule has 0 fully saturated rings. The van der Waals surface area contributed by atoms with Crippen LogP contribution in [0, 0.1) is 0 Å². The fourth-order valence-electron chi connectivity index (χ4n) is 1.44. The summed E-state index contributed by atoms with van der Waals surface area (Å²) in [7, 11) is 0. The van der Waals surface area contributed by atoms with E-state index in [1.807, 2.05) is 24.3 Å². The van der Waals surface area contributed by atoms with Gasteiger partial charge in [0.2, 0.25) is 0 Å². The van der Waals surface area contributed by atoms with E-state index in [0.717, 1.165) is 36.2 Å². The average Bonchev–Trinajstić information content (AvgIpc) is 2.35. The van der Waals surface area contributed by atoms with Gasteiger partial charge in [-0.25, -0.2) is 0 Å². The highest BCUT2D eigenvalue weighted by molar-refractivity contribution is 6.00. The Balaban J connectivity index is 0. The fourth-order valence-corrected chi connectivity index (χ4v) is 1.44. The van der Waals surface area contributed by atoms with E-state index in [-0.39, 0.29) is 24.8 Å². The van der Waals surface area contributed by atoms with Crippen LogP contribution in [0.25, 0.3) is 0 Å². The molecule has 0 bridgehead atoms. The lowest BCUT2D eigenvalue weighted by Crippen LogP contribution is -2.08. The zero-order valence-electron chi connectivity index (χ0n) is 11.2. The van der Waals surface area contributed by atoms with Crippen LogP contribution in [0.2, 0.25) is 0 Å². The van der Waals surface area contributed by atoms with Crippen LogP contribution in [0.1, 0.15) is 31.7 Å². The monoisotopic (exact) mass is 307 g/mol. The van der Waals surface area contributed by atoms with Gasteiger partial charge in [-0.15, -0.1) is 24.8 Å². The van der Waals surface area contributed by atoms with Crippen molar-refractivity contribution in [2.24, 2.45) is 10.9 Å². The molecule has 1 aromatic rings. The molecule has 0 radical (unpaired) electrons. The molecule has 0 aliphatic carbocycles. The van der Waals surface area contributed by atoms with Gasteiger partial charge in [0.1, 0.15) is 6.61 Å². The Morgan fingerprint density at radius 3 is 2.37 bits per heavy atom. The van der Waals surface area contributed by atoms with Crippen molar-refractivity contribution in [1.82, 2.24) is 0 Å². The molecule has 0 amide bonds. The molecule has 1 rings (SSSR count). The largest absolute Gasteiger partial charge is 0.399 e. The van der Waals surface area contributed by atoms with Gasteiger partial charge in [0.25, 0.3) is 0 Å². The molecule has 4 nitrogen and oxygen atoms in total. The maximum absolute atomic E-state index is 5.66. The van der Waals surface area contributed by atoms with Crippen molar-refractivity contribution in [3.05, 3.63) is 29.8 Å². The normalized spacial score (nSPS) is 10.3. The molecule has 0 spiro atoms. The van der Waals surface area contributed by atoms with Crippen molar-refractivity contribution >= 4 is 36.2 Å². The van der Waals surface area contributed by atoms with Crippen LogP contribution >= 0.6 is 24.8 Å². The summed E-state index contributed by atoms with van der Waals surface area (Å²) >= 11 is 0. The van der Waals surface area contributed by atoms with Crippen LogP contribution in [0.4, 0.5) is 5.69 Å². The zero-order valence-corrected chi connectivity index (χ0v) is 12.8. The van der Waals surface area contributed by atoms with Crippen LogP contribution in [0.5, 0.6) is 0 Å². The third kappa shape index (κ3) is 7.93. The van der Waals surface area contributed by atoms with Crippen molar-refractivity contribution in [1.29, 1.82) is 0 Å². The van der Waals surface area contributed by atoms with Gasteiger partial charge in [-0.1, -0.05) is 30.6 Å². The molecule has 0 atom stereocenters. The van der Waals surface area contributed by atoms with Crippen LogP contribution < -0.4 is 11.5 Å². The van der Waals surface area contributed by atoms with Gasteiger partial charge in [0.05, 0.1) is 5.71 Å². The van der Waals surface area contributed by atoms with Crippen molar-refractivity contribution in [2.45, 2.75) is 26.2 Å². The first-order valence-corrected chi connectivity index (χ1v) is 6.02. The van der Waals surface area contributed by atoms with Crippen LogP contribution in [-0.4, -0.2) is 18.9 Å². The summed E-state index contributed by atoms with van der Waals surface area (Å²) in [4.78, 5) is 5.16. The predicted octanol–water partition coefficient (Wildman–Crippen LogP) is 2.98. The summed E-state index contributed by atoms with van der Waals surface area (Å²) in [5, 5.41) is 4.15. The lowest BCUT2D eigenvalue weighted by atomic mass is 10.0. The predicted molar refractivity (Wildman–Crippen MR) is 86.4 cm³/mol. The molecule has 0 aliphatic heterocycles. The molecule has 0 aromatic heterocycles. The van der Waals surface area contributed by atoms with Crippen molar-refractivity contribution in [3.8, 4) is 0 Å². The number of anilines is 1. The molecule has 1 aromatic carbocycles. The van der Waals surface area contributed by atoms with Gasteiger partial charge in [-0.05, 0) is 30.5 Å². The lowest BCUT2D eigenvalue weighted by Gasteiger charge is -2.06. The Morgan fingerprint density at radius 2 is 1.84 bits per heavy atom. The number of nitrogens with two attached hydrogens (primary N) is 2. The first kappa shape index (κ1) is 20.3. The van der Waals surface area contributed by atoms with Crippen molar-refractivity contribution in [2.75, 3.05) is 18.9 Å². The van der Waals surface area contributed by atoms with E-state index >= 15 is 0 Å². The summed E-state index contributed by atoms with van der Waals surface area (Å²) < 4.78 is 0. The Kier molecular flexibility index (Phi) is 12.9. The number of unbranched alkanes of at least 4 members (excludes halogenated alkanes) is 1. The highest BCUT2D eigenvalue weighted by Crippen LogP contribution is 2.11. The third-order valence-electron chi connectivity index (χ3n) is 2.39. The second-order valence-electron chi connectivity index (χ2n) is 3.89. The van der Waals surface area contributed by atoms with Crippen LogP contribution in [0.15, 0.2) is 29.4 Å². The summed E-state index contributed by atoms with van der Waals surface area (Å²) in [6.07, 6.45) is 3.13. The lowest BCUT2D eigenvalue weighted by molar-refractivity contribution is 0.152. The van der Waals surface area contributed by atoms with E-state index in [1.54, 1.807) is 0 Å². The molecule has 19 heavy (non-hydrogen) atoms. The number of hydrogen-bond donors (Lipinski definition) is 2. The number of nitrogen functional groups attached to an aromatic ring is 1. The zero-order chi connectivity index (χ0) is 12.5. The van der Waals surface area contributed by atoms with Gasteiger partial charge in [-0.2, -0.15) is 0 Å². The Morgan fingerprint density at radius 1 is 1.21 bits per heavy atom. The number of nitrogens with zero attached hydrogens (tertiary/aromatic N) is 1. The van der Waals surface area contributed by atoms with Gasteiger partial charge >= 0.3 is 0 Å². The maximum atomic E-state index is 5.66. The molecule has 0 aliphatic rings. The Hall–Kier alpha value is -0.970. The molecule has 0 saturated heterocycles. The number of benzene rings is 1. The van der Waals surface area contributed by atoms with E-state index in [4.69, 9.17) is 16.3 Å². The van der Waals surface area contributed by atoms with E-state index in [1.165, 1.54) is 0 Å². The summed E-state index contributed by atoms with van der Waals surface area (Å²) in [5.41, 5.74) is 13.8. The molecular formula is C13H23Cl2N3O. The second-order valence-corrected chi connectivity index (χ2v) is 3.89. The van der Waals surface area contributed by atoms with Crippen molar-refractivity contribution in [3.63, 3.8) is 0 Å². The smallest absolute Gasteiger partial charge is 0.129 e. The van der Waals surface area contributed by atoms with E-state index in [9.17, 15) is 0 Å². The SMILES string of the molecule is CCCCC(=NOCCN)c1ccc(N)cc1.Cl.Cl. The van der Waals surface area contributed by atoms with Gasteiger partial charge in [0, 0.05) is 12.2 Å². The van der Waals surface area contributed by atoms with Gasteiger partial charge in [-0.3, -0.25) is 0 Å². The van der Waals surface area contributed by atoms with Crippen molar-refractivity contribution < 1.29 is 4.84 Å². The minimum atomic E-state index is 0. The van der Waals surface area contributed by atoms with Gasteiger partial charge in [0.15, 0.2) is 0 Å². The number of oxime groups is 1. The second kappa shape index (κ2) is 12.1. The van der Waals surface area contributed by atoms with Crippen LogP contribution in [0.3, 0.4) is 0 Å². The molecule has 0 saturated carbocycles. The molecule has 110 valence electrons. The minimum absolute atomic E-state index is 0. The topological polar surface area (TPSA) is 73.6 Å². The third-order valence-corrected chi connectivity index (χ3v) is 2.39. The highest BCUT2D eigenvalue weighted by Gasteiger charge is 2.04. The fraction of sp³-hybridized carbons (Fsp3) is 0.462. The molecule has 6 heteroatoms. The molecular weight excluding hydrogens is 285 g/mol. The highest BCUT2D eigenvalue weighted by atomic mass is 35.5. The Labute approximate surface area is 127 Å². The summed E-state index contributed by atoms with van der Waals surface area (Å²) in [6.45, 7) is 3.08. The van der Waals surface area contributed by atoms with E-state index in [0.29, 0.717) is 13.2 Å². The van der Waals surface area contributed by atoms with Crippen LogP contribution in [-0.2, 0) is 4.84 Å². The summed E-state index contributed by atoms with van der Waals surface area (Å²) in [6, 6.07) is 7.69. The standard InChI is InChI=1S/C13H21N3O.2ClH/c1-2-3-4-13(16-17-10-9-14)11-5-7-12(15)8-6-11;;/h5-8H,2-4,9-10,14-15H2,1H3;2*1H. The maximum Gasteiger partial charge on any atom is 0.129 e. The first-order chi connectivity index (χ1) is 8.27. The quantitative estimate of drug-likeness (QED) is 0.352. The summed E-state index contributed by atoms with van der Waals surface area (Å²) in [5.74, 6) is 0. The van der Waals surface area contributed by atoms with Gasteiger partial charge < -0.3 is 16.3 Å². The molecule has 0 unspecified atom stereocenters.